The fourth-order valence-corrected chi connectivity index (χ4v) is 4.00. The molecule has 0 atom stereocenters. The molecule has 4 heteroatoms. The van der Waals surface area contributed by atoms with E-state index in [9.17, 15) is 9.59 Å². The van der Waals surface area contributed by atoms with E-state index in [0.717, 1.165) is 18.5 Å². The number of nitrogens with one attached hydrogen (secondary N) is 1. The van der Waals surface area contributed by atoms with Gasteiger partial charge in [0.05, 0.1) is 0 Å². The van der Waals surface area contributed by atoms with Crippen LogP contribution in [0.3, 0.4) is 0 Å². The lowest BCUT2D eigenvalue weighted by Gasteiger charge is -2.38. The van der Waals surface area contributed by atoms with Crippen molar-refractivity contribution in [2.45, 2.75) is 70.3 Å². The molecule has 0 saturated heterocycles. The molecule has 1 aromatic rings. The highest BCUT2D eigenvalue weighted by Crippen LogP contribution is 2.39. The number of benzene rings is 1. The highest BCUT2D eigenvalue weighted by Gasteiger charge is 2.36. The van der Waals surface area contributed by atoms with Gasteiger partial charge in [0.2, 0.25) is 11.8 Å². The summed E-state index contributed by atoms with van der Waals surface area (Å²) >= 11 is 0. The number of hydrogen-bond acceptors (Lipinski definition) is 2. The second-order valence-corrected chi connectivity index (χ2v) is 7.78. The van der Waals surface area contributed by atoms with Gasteiger partial charge in [-0.15, -0.1) is 0 Å². The number of hydrogen-bond donors (Lipinski definition) is 1. The number of fused-ring (bicyclic) bond motifs is 1. The minimum atomic E-state index is -0.121. The number of rotatable bonds is 5. The van der Waals surface area contributed by atoms with E-state index in [1.807, 2.05) is 23.1 Å². The predicted molar refractivity (Wildman–Crippen MR) is 96.1 cm³/mol. The van der Waals surface area contributed by atoms with Gasteiger partial charge in [0, 0.05) is 36.5 Å². The van der Waals surface area contributed by atoms with Gasteiger partial charge in [-0.05, 0) is 30.9 Å². The van der Waals surface area contributed by atoms with Crippen LogP contribution in [0.5, 0.6) is 0 Å². The zero-order chi connectivity index (χ0) is 17.2. The topological polar surface area (TPSA) is 49.4 Å². The fraction of sp³-hybridized carbons (Fsp3) is 0.600. The molecule has 130 valence electrons. The Morgan fingerprint density at radius 3 is 2.71 bits per heavy atom. The molecule has 3 rings (SSSR count). The first-order valence-corrected chi connectivity index (χ1v) is 9.16. The van der Waals surface area contributed by atoms with Crippen LogP contribution >= 0.6 is 0 Å². The molecule has 2 amide bonds. The van der Waals surface area contributed by atoms with Crippen LogP contribution in [0.15, 0.2) is 24.3 Å². The molecule has 1 aliphatic heterocycles. The number of nitrogens with zero attached hydrogens (tertiary/aromatic N) is 1. The average Bonchev–Trinajstić information content (AvgIpc) is 3.03. The SMILES string of the molecule is CC1(C)CC(=O)N(CCCC(=O)NC2CCCC2)c2ccccc21. The van der Waals surface area contributed by atoms with E-state index in [1.165, 1.54) is 18.4 Å². The molecular formula is C20H28N2O2. The molecule has 1 fully saturated rings. The van der Waals surface area contributed by atoms with Crippen molar-refractivity contribution < 1.29 is 9.59 Å². The molecule has 4 nitrogen and oxygen atoms in total. The monoisotopic (exact) mass is 328 g/mol. The van der Waals surface area contributed by atoms with Gasteiger partial charge in [0.1, 0.15) is 0 Å². The lowest BCUT2D eigenvalue weighted by Crippen LogP contribution is -2.42. The molecule has 2 aliphatic rings. The van der Waals surface area contributed by atoms with Crippen molar-refractivity contribution in [3.8, 4) is 0 Å². The number of para-hydroxylation sites is 1. The summed E-state index contributed by atoms with van der Waals surface area (Å²) in [4.78, 5) is 26.5. The Hall–Kier alpha value is -1.84. The van der Waals surface area contributed by atoms with Gasteiger partial charge in [-0.2, -0.15) is 0 Å². The molecular weight excluding hydrogens is 300 g/mol. The maximum absolute atomic E-state index is 12.6. The maximum Gasteiger partial charge on any atom is 0.227 e. The van der Waals surface area contributed by atoms with E-state index in [-0.39, 0.29) is 17.2 Å². The van der Waals surface area contributed by atoms with Gasteiger partial charge < -0.3 is 10.2 Å². The van der Waals surface area contributed by atoms with Crippen molar-refractivity contribution >= 4 is 17.5 Å². The Labute approximate surface area is 144 Å². The molecule has 0 radical (unpaired) electrons. The van der Waals surface area contributed by atoms with Gasteiger partial charge in [-0.3, -0.25) is 9.59 Å². The third-order valence-corrected chi connectivity index (χ3v) is 5.32. The van der Waals surface area contributed by atoms with E-state index >= 15 is 0 Å². The van der Waals surface area contributed by atoms with Gasteiger partial charge in [0.25, 0.3) is 0 Å². The summed E-state index contributed by atoms with van der Waals surface area (Å²) < 4.78 is 0. The van der Waals surface area contributed by atoms with Crippen LogP contribution in [0.1, 0.15) is 64.4 Å². The van der Waals surface area contributed by atoms with E-state index in [2.05, 4.69) is 25.2 Å². The van der Waals surface area contributed by atoms with Crippen molar-refractivity contribution in [1.82, 2.24) is 5.32 Å². The smallest absolute Gasteiger partial charge is 0.227 e. The maximum atomic E-state index is 12.6. The molecule has 1 saturated carbocycles. The second-order valence-electron chi connectivity index (χ2n) is 7.78. The second kappa shape index (κ2) is 6.96. The van der Waals surface area contributed by atoms with Crippen molar-refractivity contribution in [2.24, 2.45) is 0 Å². The van der Waals surface area contributed by atoms with Crippen LogP contribution in [0.2, 0.25) is 0 Å². The van der Waals surface area contributed by atoms with Crippen molar-refractivity contribution in [2.75, 3.05) is 11.4 Å². The summed E-state index contributed by atoms with van der Waals surface area (Å²) in [7, 11) is 0. The summed E-state index contributed by atoms with van der Waals surface area (Å²) in [5.74, 6) is 0.287. The molecule has 24 heavy (non-hydrogen) atoms. The Morgan fingerprint density at radius 1 is 1.25 bits per heavy atom. The number of anilines is 1. The minimum absolute atomic E-state index is 0.121. The van der Waals surface area contributed by atoms with Crippen molar-refractivity contribution in [1.29, 1.82) is 0 Å². The Balaban J connectivity index is 1.58. The van der Waals surface area contributed by atoms with Crippen LogP contribution in [-0.4, -0.2) is 24.4 Å². The van der Waals surface area contributed by atoms with Crippen LogP contribution < -0.4 is 10.2 Å². The molecule has 0 aromatic heterocycles. The molecule has 1 aromatic carbocycles. The summed E-state index contributed by atoms with van der Waals surface area (Å²) in [5, 5.41) is 3.12. The predicted octanol–water partition coefficient (Wildman–Crippen LogP) is 3.54. The summed E-state index contributed by atoms with van der Waals surface area (Å²) in [6.45, 7) is 4.86. The van der Waals surface area contributed by atoms with E-state index in [1.54, 1.807) is 0 Å². The number of carbonyl (C=O) groups is 2. The van der Waals surface area contributed by atoms with Gasteiger partial charge in [-0.25, -0.2) is 0 Å². The molecule has 0 unspecified atom stereocenters. The first kappa shape index (κ1) is 17.0. The molecule has 0 bridgehead atoms. The normalized spacial score (nSPS) is 20.1. The number of amides is 2. The summed E-state index contributed by atoms with van der Waals surface area (Å²) in [6, 6.07) is 8.52. The van der Waals surface area contributed by atoms with Crippen LogP contribution in [0.4, 0.5) is 5.69 Å². The zero-order valence-corrected chi connectivity index (χ0v) is 14.8. The van der Waals surface area contributed by atoms with E-state index < -0.39 is 0 Å². The molecule has 0 spiro atoms. The van der Waals surface area contributed by atoms with Crippen LogP contribution in [-0.2, 0) is 15.0 Å². The van der Waals surface area contributed by atoms with Gasteiger partial charge in [-0.1, -0.05) is 44.9 Å². The zero-order valence-electron chi connectivity index (χ0n) is 14.8. The highest BCUT2D eigenvalue weighted by molar-refractivity contribution is 5.97. The Morgan fingerprint density at radius 2 is 1.96 bits per heavy atom. The third-order valence-electron chi connectivity index (χ3n) is 5.32. The van der Waals surface area contributed by atoms with Crippen molar-refractivity contribution in [3.05, 3.63) is 29.8 Å². The average molecular weight is 328 g/mol. The molecule has 1 aliphatic carbocycles. The first-order chi connectivity index (χ1) is 11.5. The molecule has 1 N–H and O–H groups in total. The Kier molecular flexibility index (Phi) is 4.93. The van der Waals surface area contributed by atoms with Gasteiger partial charge >= 0.3 is 0 Å². The fourth-order valence-electron chi connectivity index (χ4n) is 4.00. The standard InChI is InChI=1S/C20H28N2O2/c1-20(2)14-19(24)22(17-11-6-5-10-16(17)20)13-7-12-18(23)21-15-8-3-4-9-15/h5-6,10-11,15H,3-4,7-9,12-14H2,1-2H3,(H,21,23). The van der Waals surface area contributed by atoms with Gasteiger partial charge in [0.15, 0.2) is 0 Å². The quantitative estimate of drug-likeness (QED) is 0.899. The van der Waals surface area contributed by atoms with E-state index in [0.29, 0.717) is 31.8 Å². The number of carbonyl (C=O) groups excluding carboxylic acids is 2. The van der Waals surface area contributed by atoms with Crippen LogP contribution in [0, 0.1) is 0 Å². The largest absolute Gasteiger partial charge is 0.353 e. The molecule has 1 heterocycles. The van der Waals surface area contributed by atoms with Crippen LogP contribution in [0.25, 0.3) is 0 Å². The minimum Gasteiger partial charge on any atom is -0.353 e. The lowest BCUT2D eigenvalue weighted by molar-refractivity contribution is -0.122. The lowest BCUT2D eigenvalue weighted by atomic mass is 9.77. The highest BCUT2D eigenvalue weighted by atomic mass is 16.2. The summed E-state index contributed by atoms with van der Waals surface area (Å²) in [5.41, 5.74) is 2.11. The van der Waals surface area contributed by atoms with E-state index in [4.69, 9.17) is 0 Å². The third kappa shape index (κ3) is 3.63. The summed E-state index contributed by atoms with van der Waals surface area (Å²) in [6.07, 6.45) is 6.39. The van der Waals surface area contributed by atoms with Crippen molar-refractivity contribution in [3.63, 3.8) is 0 Å². The first-order valence-electron chi connectivity index (χ1n) is 9.16. The Bertz CT molecular complexity index is 618.